The van der Waals surface area contributed by atoms with Crippen molar-refractivity contribution < 1.29 is 18.9 Å². The maximum atomic E-state index is 9.98. The van der Waals surface area contributed by atoms with Crippen molar-refractivity contribution in [1.29, 1.82) is 0 Å². The number of phosphoric acid groups is 1. The third-order valence-corrected chi connectivity index (χ3v) is 1.94. The molecule has 1 aromatic rings. The Morgan fingerprint density at radius 1 is 1.07 bits per heavy atom. The summed E-state index contributed by atoms with van der Waals surface area (Å²) in [6, 6.07) is 12.0. The molecule has 0 atom stereocenters. The molecule has 0 radical (unpaired) electrons. The van der Waals surface area contributed by atoms with Crippen LogP contribution in [0.15, 0.2) is 36.4 Å². The molecule has 0 fully saturated rings. The zero-order chi connectivity index (χ0) is 11.6. The van der Waals surface area contributed by atoms with E-state index < -0.39 is 7.82 Å². The van der Waals surface area contributed by atoms with E-state index in [1.54, 1.807) is 0 Å². The summed E-state index contributed by atoms with van der Waals surface area (Å²) in [7, 11) is -4.20. The molecule has 86 valence electrons. The third kappa shape index (κ3) is 13.3. The van der Waals surface area contributed by atoms with Crippen molar-refractivity contribution in [1.82, 2.24) is 0 Å². The largest absolute Gasteiger partial charge is 0.469 e. The number of hydrogen-bond acceptors (Lipinski definition) is 2. The van der Waals surface area contributed by atoms with Gasteiger partial charge in [-0.05, 0) is 6.42 Å². The quantitative estimate of drug-likeness (QED) is 0.618. The standard InChI is InChI=1S/C6H6.C4H11O4P/c1-2-4-6-5-3-1;1-2-3-4-8-9(5,6)7/h1-6H;2-4H2,1H3,(H2,5,6,7). The summed E-state index contributed by atoms with van der Waals surface area (Å²) >= 11 is 0. The Labute approximate surface area is 90.1 Å². The second-order valence-electron chi connectivity index (χ2n) is 2.83. The molecule has 0 unspecified atom stereocenters. The van der Waals surface area contributed by atoms with Gasteiger partial charge in [-0.15, -0.1) is 0 Å². The molecule has 1 rings (SSSR count). The highest BCUT2D eigenvalue weighted by Gasteiger charge is 2.11. The average molecular weight is 232 g/mol. The molecule has 0 aliphatic rings. The molecule has 0 amide bonds. The first-order chi connectivity index (χ1) is 7.06. The molecule has 4 nitrogen and oxygen atoms in total. The first kappa shape index (κ1) is 14.3. The van der Waals surface area contributed by atoms with Gasteiger partial charge in [-0.25, -0.2) is 4.57 Å². The molecule has 2 N–H and O–H groups in total. The van der Waals surface area contributed by atoms with E-state index in [1.165, 1.54) is 0 Å². The number of unbranched alkanes of at least 4 members (excludes halogenated alkanes) is 1. The molecule has 0 spiro atoms. The van der Waals surface area contributed by atoms with Crippen molar-refractivity contribution in [2.24, 2.45) is 0 Å². The van der Waals surface area contributed by atoms with Gasteiger partial charge in [0, 0.05) is 0 Å². The van der Waals surface area contributed by atoms with Crippen LogP contribution >= 0.6 is 7.82 Å². The highest BCUT2D eigenvalue weighted by Crippen LogP contribution is 2.35. The molecule has 0 saturated heterocycles. The number of hydrogen-bond donors (Lipinski definition) is 2. The first-order valence-electron chi connectivity index (χ1n) is 4.76. The number of benzene rings is 1. The molecule has 0 aliphatic heterocycles. The Balaban J connectivity index is 0.000000280. The summed E-state index contributed by atoms with van der Waals surface area (Å²) in [5, 5.41) is 0. The van der Waals surface area contributed by atoms with E-state index in [9.17, 15) is 4.57 Å². The van der Waals surface area contributed by atoms with Gasteiger partial charge in [0.05, 0.1) is 6.61 Å². The van der Waals surface area contributed by atoms with Crippen LogP contribution in [-0.4, -0.2) is 16.4 Å². The minimum atomic E-state index is -4.20. The van der Waals surface area contributed by atoms with E-state index >= 15 is 0 Å². The zero-order valence-corrected chi connectivity index (χ0v) is 9.64. The fourth-order valence-corrected chi connectivity index (χ4v) is 1.08. The van der Waals surface area contributed by atoms with E-state index in [-0.39, 0.29) is 6.61 Å². The Kier molecular flexibility index (Phi) is 8.24. The Hall–Kier alpha value is -0.670. The van der Waals surface area contributed by atoms with Gasteiger partial charge in [0.25, 0.3) is 0 Å². The van der Waals surface area contributed by atoms with Crippen LogP contribution in [0.2, 0.25) is 0 Å². The van der Waals surface area contributed by atoms with Crippen molar-refractivity contribution in [2.45, 2.75) is 19.8 Å². The SMILES string of the molecule is CCCCOP(=O)(O)O.c1ccccc1. The molecular weight excluding hydrogens is 215 g/mol. The van der Waals surface area contributed by atoms with Gasteiger partial charge in [-0.2, -0.15) is 0 Å². The van der Waals surface area contributed by atoms with Gasteiger partial charge >= 0.3 is 7.82 Å². The summed E-state index contributed by atoms with van der Waals surface area (Å²) in [4.78, 5) is 16.3. The van der Waals surface area contributed by atoms with Crippen molar-refractivity contribution in [3.8, 4) is 0 Å². The number of phosphoric ester groups is 1. The highest BCUT2D eigenvalue weighted by molar-refractivity contribution is 7.46. The lowest BCUT2D eigenvalue weighted by Crippen LogP contribution is -1.90. The molecule has 0 heterocycles. The Bertz CT molecular complexity index is 243. The van der Waals surface area contributed by atoms with Crippen molar-refractivity contribution in [2.75, 3.05) is 6.61 Å². The lowest BCUT2D eigenvalue weighted by atomic mass is 10.4. The normalized spacial score (nSPS) is 10.3. The lowest BCUT2D eigenvalue weighted by molar-refractivity contribution is 0.194. The van der Waals surface area contributed by atoms with Crippen LogP contribution in [0.5, 0.6) is 0 Å². The second-order valence-corrected chi connectivity index (χ2v) is 4.07. The predicted octanol–water partition coefficient (Wildman–Crippen LogP) is 2.58. The number of rotatable bonds is 4. The van der Waals surface area contributed by atoms with Crippen LogP contribution < -0.4 is 0 Å². The van der Waals surface area contributed by atoms with Gasteiger partial charge in [0.15, 0.2) is 0 Å². The minimum Gasteiger partial charge on any atom is -0.303 e. The Morgan fingerprint density at radius 2 is 1.47 bits per heavy atom. The minimum absolute atomic E-state index is 0.140. The predicted molar refractivity (Wildman–Crippen MR) is 59.3 cm³/mol. The van der Waals surface area contributed by atoms with Crippen LogP contribution in [-0.2, 0) is 9.09 Å². The fraction of sp³-hybridized carbons (Fsp3) is 0.400. The topological polar surface area (TPSA) is 66.8 Å². The summed E-state index contributed by atoms with van der Waals surface area (Å²) in [6.45, 7) is 2.06. The molecular formula is C10H17O4P. The van der Waals surface area contributed by atoms with Gasteiger partial charge < -0.3 is 9.79 Å². The summed E-state index contributed by atoms with van der Waals surface area (Å²) in [5.41, 5.74) is 0. The summed E-state index contributed by atoms with van der Waals surface area (Å²) < 4.78 is 14.1. The summed E-state index contributed by atoms with van der Waals surface area (Å²) in [5.74, 6) is 0. The first-order valence-corrected chi connectivity index (χ1v) is 6.29. The van der Waals surface area contributed by atoms with Gasteiger partial charge in [0.2, 0.25) is 0 Å². The maximum absolute atomic E-state index is 9.98. The lowest BCUT2D eigenvalue weighted by Gasteiger charge is -2.02. The van der Waals surface area contributed by atoms with Crippen LogP contribution in [0.1, 0.15) is 19.8 Å². The second kappa shape index (κ2) is 8.62. The smallest absolute Gasteiger partial charge is 0.303 e. The van der Waals surface area contributed by atoms with E-state index in [1.807, 2.05) is 43.3 Å². The zero-order valence-electron chi connectivity index (χ0n) is 8.74. The van der Waals surface area contributed by atoms with E-state index in [0.29, 0.717) is 6.42 Å². The van der Waals surface area contributed by atoms with Crippen LogP contribution in [0.3, 0.4) is 0 Å². The monoisotopic (exact) mass is 232 g/mol. The molecule has 0 bridgehead atoms. The van der Waals surface area contributed by atoms with E-state index in [4.69, 9.17) is 9.79 Å². The van der Waals surface area contributed by atoms with Crippen LogP contribution in [0.25, 0.3) is 0 Å². The van der Waals surface area contributed by atoms with Gasteiger partial charge in [0.1, 0.15) is 0 Å². The van der Waals surface area contributed by atoms with Gasteiger partial charge in [-0.1, -0.05) is 49.7 Å². The molecule has 1 aromatic carbocycles. The summed E-state index contributed by atoms with van der Waals surface area (Å²) in [6.07, 6.45) is 1.56. The molecule has 0 aromatic heterocycles. The van der Waals surface area contributed by atoms with Crippen LogP contribution in [0.4, 0.5) is 0 Å². The average Bonchev–Trinajstić information content (AvgIpc) is 2.20. The Morgan fingerprint density at radius 3 is 1.73 bits per heavy atom. The maximum Gasteiger partial charge on any atom is 0.469 e. The van der Waals surface area contributed by atoms with Crippen molar-refractivity contribution in [3.63, 3.8) is 0 Å². The van der Waals surface area contributed by atoms with Gasteiger partial charge in [-0.3, -0.25) is 4.52 Å². The third-order valence-electron chi connectivity index (χ3n) is 1.42. The fourth-order valence-electron chi connectivity index (χ4n) is 0.713. The molecule has 0 saturated carbocycles. The molecule has 15 heavy (non-hydrogen) atoms. The van der Waals surface area contributed by atoms with E-state index in [0.717, 1.165) is 6.42 Å². The molecule has 5 heteroatoms. The van der Waals surface area contributed by atoms with Crippen LogP contribution in [0, 0.1) is 0 Å². The van der Waals surface area contributed by atoms with E-state index in [2.05, 4.69) is 4.52 Å². The highest BCUT2D eigenvalue weighted by atomic mass is 31.2. The molecule has 0 aliphatic carbocycles. The van der Waals surface area contributed by atoms with Crippen molar-refractivity contribution in [3.05, 3.63) is 36.4 Å². The van der Waals surface area contributed by atoms with Crippen molar-refractivity contribution >= 4 is 7.82 Å².